The molecule has 2 aromatic rings. The van der Waals surface area contributed by atoms with Crippen LogP contribution >= 0.6 is 23.2 Å². The van der Waals surface area contributed by atoms with E-state index in [1.54, 1.807) is 39.8 Å². The van der Waals surface area contributed by atoms with Crippen LogP contribution in [-0.4, -0.2) is 88.7 Å². The summed E-state index contributed by atoms with van der Waals surface area (Å²) in [5.41, 5.74) is 1.53. The van der Waals surface area contributed by atoms with Gasteiger partial charge >= 0.3 is 35.8 Å². The molecule has 0 bridgehead atoms. The highest BCUT2D eigenvalue weighted by molar-refractivity contribution is 6.33. The lowest BCUT2D eigenvalue weighted by molar-refractivity contribution is -0.147. The summed E-state index contributed by atoms with van der Waals surface area (Å²) in [5.74, 6) is 0.460. The smallest absolute Gasteiger partial charge is 0.344 e. The minimum Gasteiger partial charge on any atom is -0.479 e. The molecule has 0 N–H and O–H groups in total. The maximum absolute atomic E-state index is 13.9. The highest BCUT2D eigenvalue weighted by Crippen LogP contribution is 2.69. The molecular formula is C61H84Cl2O14. The lowest BCUT2D eigenvalue weighted by Crippen LogP contribution is -2.53. The van der Waals surface area contributed by atoms with Gasteiger partial charge in [-0.2, -0.15) is 0 Å². The van der Waals surface area contributed by atoms with Crippen LogP contribution < -0.4 is 9.47 Å². The van der Waals surface area contributed by atoms with Crippen molar-refractivity contribution in [2.24, 2.45) is 58.2 Å². The molecule has 0 amide bonds. The summed E-state index contributed by atoms with van der Waals surface area (Å²) < 4.78 is 42.5. The zero-order valence-corrected chi connectivity index (χ0v) is 48.5. The molecule has 426 valence electrons. The van der Waals surface area contributed by atoms with Crippen LogP contribution in [0, 0.1) is 58.2 Å². The number of carbonyl (C=O) groups excluding carboxylic acids is 6. The fraction of sp³-hybridized carbons (Fsp3) is 0.672. The van der Waals surface area contributed by atoms with Gasteiger partial charge in [0, 0.05) is 0 Å². The van der Waals surface area contributed by atoms with Crippen LogP contribution in [0.25, 0.3) is 5.57 Å². The Bertz CT molecular complexity index is 2320. The second kappa shape index (κ2) is 28.4. The normalized spacial score (nSPS) is 24.7. The van der Waals surface area contributed by atoms with Gasteiger partial charge in [-0.25, -0.2) is 28.8 Å². The van der Waals surface area contributed by atoms with Crippen molar-refractivity contribution >= 4 is 64.6 Å². The van der Waals surface area contributed by atoms with Gasteiger partial charge in [0.2, 0.25) is 0 Å². The van der Waals surface area contributed by atoms with Crippen LogP contribution in [0.2, 0.25) is 10.0 Å². The van der Waals surface area contributed by atoms with Crippen molar-refractivity contribution in [3.8, 4) is 11.5 Å². The molecular weight excluding hydrogens is 1030 g/mol. The number of fused-ring (bicyclic) bond motifs is 5. The number of esters is 6. The molecule has 6 rings (SSSR count). The SMILES string of the molecule is CCOC(=O)COC(=O)c1cc(C(=CCCC2CC[C@@]3(C)C(CC[C@H]4[C@@H]5CC[C@H]([C@H](C)CCCC(C)C)[C@@]5(C)CC[C@@H]43)C2)c2cc(Cl)c(OCC(=O)OCC)c(C(=O)OCC(=O)OCC)c2)cc(Cl)c1OCC(=O)OCC. The van der Waals surface area contributed by atoms with Crippen LogP contribution in [0.4, 0.5) is 0 Å². The first-order valence-electron chi connectivity index (χ1n) is 28.4. The Balaban J connectivity index is 1.32. The minimum absolute atomic E-state index is 0.0633. The van der Waals surface area contributed by atoms with Crippen molar-refractivity contribution in [1.29, 1.82) is 0 Å². The van der Waals surface area contributed by atoms with Crippen molar-refractivity contribution in [3.05, 3.63) is 62.6 Å². The number of ether oxygens (including phenoxy) is 8. The molecule has 0 aliphatic heterocycles. The van der Waals surface area contributed by atoms with E-state index in [1.807, 2.05) is 6.08 Å². The molecule has 2 aromatic carbocycles. The first kappa shape index (κ1) is 61.4. The first-order valence-corrected chi connectivity index (χ1v) is 29.1. The average molecular weight is 1110 g/mol. The van der Waals surface area contributed by atoms with Gasteiger partial charge in [-0.1, -0.05) is 83.2 Å². The van der Waals surface area contributed by atoms with Crippen LogP contribution in [0.5, 0.6) is 11.5 Å². The van der Waals surface area contributed by atoms with E-state index in [-0.39, 0.29) is 59.1 Å². The van der Waals surface area contributed by atoms with Crippen molar-refractivity contribution in [2.75, 3.05) is 52.9 Å². The van der Waals surface area contributed by atoms with E-state index in [4.69, 9.17) is 61.1 Å². The Morgan fingerprint density at radius 2 is 1.09 bits per heavy atom. The Hall–Kier alpha value is -4.82. The van der Waals surface area contributed by atoms with Crippen molar-refractivity contribution in [1.82, 2.24) is 0 Å². The molecule has 14 nitrogen and oxygen atoms in total. The summed E-state index contributed by atoms with van der Waals surface area (Å²) in [7, 11) is 0. The lowest BCUT2D eigenvalue weighted by Gasteiger charge is -2.61. The lowest BCUT2D eigenvalue weighted by atomic mass is 9.44. The molecule has 9 atom stereocenters. The molecule has 0 heterocycles. The summed E-state index contributed by atoms with van der Waals surface area (Å²) in [6.07, 6.45) is 18.9. The van der Waals surface area contributed by atoms with Gasteiger partial charge in [0.1, 0.15) is 11.1 Å². The third kappa shape index (κ3) is 15.3. The predicted octanol–water partition coefficient (Wildman–Crippen LogP) is 13.3. The fourth-order valence-corrected chi connectivity index (χ4v) is 14.6. The van der Waals surface area contributed by atoms with Crippen LogP contribution in [0.1, 0.15) is 184 Å². The van der Waals surface area contributed by atoms with Gasteiger partial charge in [-0.05, 0) is 197 Å². The molecule has 0 radical (unpaired) electrons. The summed E-state index contributed by atoms with van der Waals surface area (Å²) >= 11 is 13.9. The van der Waals surface area contributed by atoms with E-state index >= 15 is 0 Å². The molecule has 4 aliphatic rings. The van der Waals surface area contributed by atoms with E-state index in [0.29, 0.717) is 45.8 Å². The zero-order valence-electron chi connectivity index (χ0n) is 47.0. The standard InChI is InChI=1S/C61H84Cl2O14/c1-10-70-52(64)33-74-56-45(58(68)76-35-54(66)72-12-3)29-40(31-50(56)62)43(41-30-46(59(69)77-36-55(67)73-13-4)57(51(63)32-41)75-34-53(65)71-11-2)19-15-18-39-24-26-60(8)42(28-39)20-21-44-48-23-22-47(38(7)17-14-16-37(5)6)61(48,9)27-25-49(44)60/h19,29-32,37-39,42,44,47-49H,10-18,20-28,33-36H2,1-9H3/t38-,39?,42?,44+,47-,48+,49+,60+,61-/m1/s1. The maximum atomic E-state index is 13.9. The molecule has 0 spiro atoms. The number of hydrogen-bond donors (Lipinski definition) is 0. The molecule has 77 heavy (non-hydrogen) atoms. The van der Waals surface area contributed by atoms with E-state index in [9.17, 15) is 28.8 Å². The van der Waals surface area contributed by atoms with Crippen LogP contribution in [0.3, 0.4) is 0 Å². The third-order valence-electron chi connectivity index (χ3n) is 17.6. The maximum Gasteiger partial charge on any atom is 0.344 e. The largest absolute Gasteiger partial charge is 0.479 e. The van der Waals surface area contributed by atoms with Gasteiger partial charge in [0.05, 0.1) is 36.5 Å². The summed E-state index contributed by atoms with van der Waals surface area (Å²) in [6.45, 7) is 16.7. The molecule has 0 aromatic heterocycles. The van der Waals surface area contributed by atoms with Crippen molar-refractivity contribution in [3.63, 3.8) is 0 Å². The summed E-state index contributed by atoms with van der Waals surface area (Å²) in [6, 6.07) is 6.02. The Kier molecular flexibility index (Phi) is 22.6. The number of carbonyl (C=O) groups is 6. The molecule has 2 unspecified atom stereocenters. The molecule has 0 saturated heterocycles. The van der Waals surface area contributed by atoms with Crippen LogP contribution in [-0.2, 0) is 47.6 Å². The van der Waals surface area contributed by atoms with Crippen LogP contribution in [0.15, 0.2) is 30.3 Å². The predicted molar refractivity (Wildman–Crippen MR) is 294 cm³/mol. The second-order valence-electron chi connectivity index (χ2n) is 22.6. The number of benzene rings is 2. The highest BCUT2D eigenvalue weighted by atomic mass is 35.5. The topological polar surface area (TPSA) is 176 Å². The van der Waals surface area contributed by atoms with E-state index in [2.05, 4.69) is 34.6 Å². The summed E-state index contributed by atoms with van der Waals surface area (Å²) in [4.78, 5) is 77.5. The molecule has 4 aliphatic carbocycles. The van der Waals surface area contributed by atoms with Crippen molar-refractivity contribution in [2.45, 2.75) is 152 Å². The monoisotopic (exact) mass is 1110 g/mol. The summed E-state index contributed by atoms with van der Waals surface area (Å²) in [5, 5.41) is -0.158. The second-order valence-corrected chi connectivity index (χ2v) is 23.5. The van der Waals surface area contributed by atoms with Crippen molar-refractivity contribution < 1.29 is 66.7 Å². The number of rotatable bonds is 26. The average Bonchev–Trinajstić information content (AvgIpc) is 3.89. The third-order valence-corrected chi connectivity index (χ3v) is 18.1. The minimum atomic E-state index is -0.994. The van der Waals surface area contributed by atoms with E-state index < -0.39 is 62.2 Å². The van der Waals surface area contributed by atoms with Gasteiger partial charge in [0.25, 0.3) is 0 Å². The quantitative estimate of drug-likeness (QED) is 0.0642. The Morgan fingerprint density at radius 3 is 1.60 bits per heavy atom. The number of allylic oxidation sites excluding steroid dienone is 1. The fourth-order valence-electron chi connectivity index (χ4n) is 14.1. The highest BCUT2D eigenvalue weighted by Gasteiger charge is 2.60. The first-order chi connectivity index (χ1) is 36.8. The van der Waals surface area contributed by atoms with Gasteiger partial charge in [-0.15, -0.1) is 0 Å². The van der Waals surface area contributed by atoms with E-state index in [1.165, 1.54) is 76.3 Å². The molecule has 16 heteroatoms. The number of hydrogen-bond acceptors (Lipinski definition) is 14. The van der Waals surface area contributed by atoms with Gasteiger partial charge < -0.3 is 37.9 Å². The van der Waals surface area contributed by atoms with Gasteiger partial charge in [0.15, 0.2) is 37.9 Å². The van der Waals surface area contributed by atoms with E-state index in [0.717, 1.165) is 54.8 Å². The van der Waals surface area contributed by atoms with Gasteiger partial charge in [-0.3, -0.25) is 0 Å². The number of halogens is 2. The molecule has 4 saturated carbocycles. The molecule has 4 fully saturated rings. The zero-order chi connectivity index (χ0) is 56.0. The Labute approximate surface area is 466 Å². The Morgan fingerprint density at radius 1 is 0.597 bits per heavy atom.